The highest BCUT2D eigenvalue weighted by Crippen LogP contribution is 2.56. The van der Waals surface area contributed by atoms with Gasteiger partial charge in [0, 0.05) is 0 Å². The Kier molecular flexibility index (Phi) is 3.71. The molecule has 0 heteroatoms. The van der Waals surface area contributed by atoms with Gasteiger partial charge in [0.1, 0.15) is 0 Å². The van der Waals surface area contributed by atoms with Gasteiger partial charge in [-0.1, -0.05) is 78.4 Å². The van der Waals surface area contributed by atoms with Crippen LogP contribution in [0, 0.1) is 11.3 Å². The monoisotopic (exact) mass is 268 g/mol. The molecule has 0 saturated heterocycles. The van der Waals surface area contributed by atoms with Gasteiger partial charge in [-0.3, -0.25) is 0 Å². The van der Waals surface area contributed by atoms with Crippen LogP contribution in [-0.2, 0) is 0 Å². The summed E-state index contributed by atoms with van der Waals surface area (Å²) in [5, 5.41) is 2.94. The van der Waals surface area contributed by atoms with Crippen LogP contribution < -0.4 is 0 Å². The third-order valence-corrected chi connectivity index (χ3v) is 4.67. The minimum absolute atomic E-state index is 0. The van der Waals surface area contributed by atoms with Crippen LogP contribution in [-0.4, -0.2) is 0 Å². The molecule has 2 unspecified atom stereocenters. The van der Waals surface area contributed by atoms with Crippen molar-refractivity contribution in [3.8, 4) is 0 Å². The maximum Gasteiger partial charge on any atom is -0.00355 e. The molecule has 0 aromatic heterocycles. The number of benzene rings is 2. The summed E-state index contributed by atoms with van der Waals surface area (Å²) in [5.41, 5.74) is 3.45. The Morgan fingerprint density at radius 1 is 0.900 bits per heavy atom. The highest BCUT2D eigenvalue weighted by molar-refractivity contribution is 5.92. The smallest absolute Gasteiger partial charge is 0.00355 e. The first-order valence-electron chi connectivity index (χ1n) is 7.43. The van der Waals surface area contributed by atoms with E-state index in [9.17, 15) is 0 Å². The summed E-state index contributed by atoms with van der Waals surface area (Å²) in [7, 11) is 0. The third-order valence-electron chi connectivity index (χ3n) is 4.67. The van der Waals surface area contributed by atoms with Crippen LogP contribution in [0.3, 0.4) is 0 Å². The number of hydrogen-bond donors (Lipinski definition) is 0. The summed E-state index contributed by atoms with van der Waals surface area (Å²) in [6, 6.07) is 13.7. The first-order chi connectivity index (χ1) is 8.91. The minimum Gasteiger partial charge on any atom is -0.0776 e. The molecule has 2 aromatic carbocycles. The molecule has 1 aliphatic carbocycles. The summed E-state index contributed by atoms with van der Waals surface area (Å²) in [6.07, 6.45) is 0. The number of hydrogen-bond acceptors (Lipinski definition) is 0. The van der Waals surface area contributed by atoms with Gasteiger partial charge in [-0.05, 0) is 45.1 Å². The molecule has 0 radical (unpaired) electrons. The van der Waals surface area contributed by atoms with Gasteiger partial charge in [0.25, 0.3) is 0 Å². The fraction of sp³-hybridized carbons (Fsp3) is 0.500. The second-order valence-corrected chi connectivity index (χ2v) is 7.41. The molecule has 0 bridgehead atoms. The highest BCUT2D eigenvalue weighted by atomic mass is 14.5. The van der Waals surface area contributed by atoms with Crippen LogP contribution in [0.2, 0.25) is 0 Å². The van der Waals surface area contributed by atoms with Crippen molar-refractivity contribution in [3.05, 3.63) is 47.5 Å². The van der Waals surface area contributed by atoms with E-state index in [1.807, 2.05) is 0 Å². The van der Waals surface area contributed by atoms with Crippen molar-refractivity contribution < 1.29 is 0 Å². The first-order valence-corrected chi connectivity index (χ1v) is 7.43. The summed E-state index contributed by atoms with van der Waals surface area (Å²) in [6.45, 7) is 11.9. The summed E-state index contributed by atoms with van der Waals surface area (Å²) >= 11 is 0. The first kappa shape index (κ1) is 15.1. The van der Waals surface area contributed by atoms with Gasteiger partial charge in [-0.15, -0.1) is 0 Å². The zero-order valence-corrected chi connectivity index (χ0v) is 12.7. The SMILES string of the molecule is C.CC(C)C1c2cccc3cccc(c23)C1C(C)(C)C. The average Bonchev–Trinajstić information content (AvgIpc) is 2.67. The Balaban J connectivity index is 0.00000147. The van der Waals surface area contributed by atoms with Gasteiger partial charge in [0.15, 0.2) is 0 Å². The molecule has 0 heterocycles. The fourth-order valence-corrected chi connectivity index (χ4v) is 4.06. The molecule has 0 nitrogen and oxygen atoms in total. The Morgan fingerprint density at radius 2 is 1.45 bits per heavy atom. The maximum absolute atomic E-state index is 2.39. The van der Waals surface area contributed by atoms with E-state index in [-0.39, 0.29) is 7.43 Å². The molecular weight excluding hydrogens is 240 g/mol. The predicted molar refractivity (Wildman–Crippen MR) is 90.5 cm³/mol. The van der Waals surface area contributed by atoms with E-state index in [2.05, 4.69) is 71.0 Å². The second kappa shape index (κ2) is 4.91. The van der Waals surface area contributed by atoms with E-state index < -0.39 is 0 Å². The summed E-state index contributed by atoms with van der Waals surface area (Å²) < 4.78 is 0. The Labute approximate surface area is 124 Å². The van der Waals surface area contributed by atoms with Crippen LogP contribution in [0.25, 0.3) is 10.8 Å². The fourth-order valence-electron chi connectivity index (χ4n) is 4.06. The lowest BCUT2D eigenvalue weighted by molar-refractivity contribution is 0.254. The zero-order chi connectivity index (χ0) is 13.8. The lowest BCUT2D eigenvalue weighted by atomic mass is 9.68. The van der Waals surface area contributed by atoms with Gasteiger partial charge in [-0.2, -0.15) is 0 Å². The lowest BCUT2D eigenvalue weighted by Gasteiger charge is -2.36. The van der Waals surface area contributed by atoms with Crippen LogP contribution in [0.15, 0.2) is 36.4 Å². The summed E-state index contributed by atoms with van der Waals surface area (Å²) in [5.74, 6) is 1.97. The molecule has 0 spiro atoms. The van der Waals surface area contributed by atoms with E-state index >= 15 is 0 Å². The van der Waals surface area contributed by atoms with Crippen LogP contribution in [0.1, 0.15) is 65.0 Å². The Hall–Kier alpha value is -1.30. The van der Waals surface area contributed by atoms with Crippen molar-refractivity contribution in [2.75, 3.05) is 0 Å². The third kappa shape index (κ3) is 2.06. The second-order valence-electron chi connectivity index (χ2n) is 7.41. The predicted octanol–water partition coefficient (Wildman–Crippen LogP) is 6.36. The van der Waals surface area contributed by atoms with Crippen molar-refractivity contribution in [1.82, 2.24) is 0 Å². The van der Waals surface area contributed by atoms with E-state index in [0.717, 1.165) is 0 Å². The number of rotatable bonds is 1. The summed E-state index contributed by atoms with van der Waals surface area (Å²) in [4.78, 5) is 0. The van der Waals surface area contributed by atoms with Crippen LogP contribution in [0.4, 0.5) is 0 Å². The molecule has 0 aliphatic heterocycles. The van der Waals surface area contributed by atoms with Crippen LogP contribution in [0.5, 0.6) is 0 Å². The van der Waals surface area contributed by atoms with E-state index in [0.29, 0.717) is 23.2 Å². The molecular formula is C20H28. The average molecular weight is 268 g/mol. The van der Waals surface area contributed by atoms with Crippen molar-refractivity contribution in [1.29, 1.82) is 0 Å². The standard InChI is InChI=1S/C19H24.CH4/c1-12(2)16-14-10-6-8-13-9-7-11-15(17(13)14)18(16)19(3,4)5;/h6-12,16,18H,1-5H3;1H4. The molecule has 0 saturated carbocycles. The van der Waals surface area contributed by atoms with E-state index in [1.54, 1.807) is 11.1 Å². The molecule has 3 rings (SSSR count). The largest absolute Gasteiger partial charge is 0.0776 e. The van der Waals surface area contributed by atoms with Crippen molar-refractivity contribution in [2.45, 2.75) is 53.9 Å². The van der Waals surface area contributed by atoms with Gasteiger partial charge in [0.05, 0.1) is 0 Å². The molecule has 0 fully saturated rings. The quantitative estimate of drug-likeness (QED) is 0.564. The van der Waals surface area contributed by atoms with Gasteiger partial charge in [-0.25, -0.2) is 0 Å². The molecule has 2 aromatic rings. The lowest BCUT2D eigenvalue weighted by Crippen LogP contribution is -2.24. The van der Waals surface area contributed by atoms with E-state index in [1.165, 1.54) is 10.8 Å². The maximum atomic E-state index is 2.39. The van der Waals surface area contributed by atoms with Crippen LogP contribution >= 0.6 is 0 Å². The van der Waals surface area contributed by atoms with E-state index in [4.69, 9.17) is 0 Å². The molecule has 20 heavy (non-hydrogen) atoms. The van der Waals surface area contributed by atoms with Crippen molar-refractivity contribution in [3.63, 3.8) is 0 Å². The highest BCUT2D eigenvalue weighted by Gasteiger charge is 2.42. The minimum atomic E-state index is 0. The topological polar surface area (TPSA) is 0 Å². The molecule has 108 valence electrons. The van der Waals surface area contributed by atoms with Crippen molar-refractivity contribution in [2.24, 2.45) is 11.3 Å². The zero-order valence-electron chi connectivity index (χ0n) is 12.7. The molecule has 0 N–H and O–H groups in total. The van der Waals surface area contributed by atoms with Gasteiger partial charge >= 0.3 is 0 Å². The Bertz CT molecular complexity index is 608. The molecule has 2 atom stereocenters. The van der Waals surface area contributed by atoms with Crippen molar-refractivity contribution >= 4 is 10.8 Å². The van der Waals surface area contributed by atoms with Gasteiger partial charge < -0.3 is 0 Å². The Morgan fingerprint density at radius 3 is 1.95 bits per heavy atom. The molecule has 0 amide bonds. The normalized spacial score (nSPS) is 21.3. The molecule has 1 aliphatic rings. The van der Waals surface area contributed by atoms with Gasteiger partial charge in [0.2, 0.25) is 0 Å².